The molecule has 0 aliphatic heterocycles. The predicted molar refractivity (Wildman–Crippen MR) is 37.8 cm³/mol. The Morgan fingerprint density at radius 1 is 1.20 bits per heavy atom. The van der Waals surface area contributed by atoms with Gasteiger partial charge in [0.15, 0.2) is 0 Å². The normalized spacial score (nSPS) is 9.80. The van der Waals surface area contributed by atoms with Crippen molar-refractivity contribution in [2.75, 3.05) is 0 Å². The van der Waals surface area contributed by atoms with Crippen LogP contribution in [0.15, 0.2) is 4.47 Å². The molecule has 0 bridgehead atoms. The molecule has 0 aromatic carbocycles. The molecule has 54 valence electrons. The molecule has 4 nitrogen and oxygen atoms in total. The second-order valence-corrected chi connectivity index (χ2v) is 2.58. The monoisotopic (exact) mass is 204 g/mol. The van der Waals surface area contributed by atoms with Crippen molar-refractivity contribution in [2.24, 2.45) is 0 Å². The summed E-state index contributed by atoms with van der Waals surface area (Å²) < 4.78 is 0.375. The van der Waals surface area contributed by atoms with Gasteiger partial charge < -0.3 is 10.2 Å². The molecule has 10 heavy (non-hydrogen) atoms. The molecule has 0 spiro atoms. The first kappa shape index (κ1) is 7.27. The Labute approximate surface area is 65.7 Å². The van der Waals surface area contributed by atoms with Crippen molar-refractivity contribution in [1.82, 2.24) is 10.2 Å². The summed E-state index contributed by atoms with van der Waals surface area (Å²) in [6.07, 6.45) is 0. The van der Waals surface area contributed by atoms with Crippen molar-refractivity contribution in [1.29, 1.82) is 0 Å². The molecule has 0 saturated carbocycles. The van der Waals surface area contributed by atoms with Gasteiger partial charge in [-0.1, -0.05) is 0 Å². The highest BCUT2D eigenvalue weighted by atomic mass is 79.9. The molecule has 0 amide bonds. The average molecular weight is 205 g/mol. The summed E-state index contributed by atoms with van der Waals surface area (Å²) in [7, 11) is 0. The van der Waals surface area contributed by atoms with E-state index in [1.165, 1.54) is 0 Å². The minimum absolute atomic E-state index is 0.176. The van der Waals surface area contributed by atoms with Crippen LogP contribution < -0.4 is 0 Å². The van der Waals surface area contributed by atoms with E-state index in [1.807, 2.05) is 0 Å². The lowest BCUT2D eigenvalue weighted by atomic mass is 10.3. The molecule has 1 aromatic rings. The second kappa shape index (κ2) is 2.42. The van der Waals surface area contributed by atoms with Crippen LogP contribution >= 0.6 is 15.9 Å². The number of aromatic hydroxyl groups is 2. The van der Waals surface area contributed by atoms with E-state index in [4.69, 9.17) is 10.2 Å². The van der Waals surface area contributed by atoms with E-state index >= 15 is 0 Å². The first-order valence-electron chi connectivity index (χ1n) is 2.53. The predicted octanol–water partition coefficient (Wildman–Crippen LogP) is 0.959. The lowest BCUT2D eigenvalue weighted by Crippen LogP contribution is -1.87. The SMILES string of the molecule is Cc1c(O)nnc(O)c1Br. The Bertz CT molecular complexity index is 237. The second-order valence-electron chi connectivity index (χ2n) is 1.79. The van der Waals surface area contributed by atoms with Gasteiger partial charge in [0, 0.05) is 5.56 Å². The van der Waals surface area contributed by atoms with E-state index in [1.54, 1.807) is 6.92 Å². The number of aromatic nitrogens is 2. The van der Waals surface area contributed by atoms with Crippen LogP contribution in [0.4, 0.5) is 0 Å². The Kier molecular flexibility index (Phi) is 1.76. The average Bonchev–Trinajstić information content (AvgIpc) is 1.93. The van der Waals surface area contributed by atoms with Crippen molar-refractivity contribution in [3.8, 4) is 11.8 Å². The summed E-state index contributed by atoms with van der Waals surface area (Å²) in [6.45, 7) is 1.62. The fourth-order valence-corrected chi connectivity index (χ4v) is 0.736. The van der Waals surface area contributed by atoms with Crippen LogP contribution in [0.2, 0.25) is 0 Å². The molecule has 0 aliphatic rings. The van der Waals surface area contributed by atoms with Gasteiger partial charge in [-0.05, 0) is 22.9 Å². The van der Waals surface area contributed by atoms with Gasteiger partial charge in [-0.3, -0.25) is 0 Å². The van der Waals surface area contributed by atoms with Gasteiger partial charge in [0.2, 0.25) is 11.8 Å². The van der Waals surface area contributed by atoms with Gasteiger partial charge in [0.25, 0.3) is 0 Å². The van der Waals surface area contributed by atoms with Crippen molar-refractivity contribution in [3.05, 3.63) is 10.0 Å². The molecule has 0 fully saturated rings. The van der Waals surface area contributed by atoms with E-state index in [0.29, 0.717) is 10.0 Å². The minimum atomic E-state index is -0.213. The Hall–Kier alpha value is -0.840. The van der Waals surface area contributed by atoms with Crippen LogP contribution in [0.5, 0.6) is 11.8 Å². The van der Waals surface area contributed by atoms with Crippen LogP contribution in [0.3, 0.4) is 0 Å². The van der Waals surface area contributed by atoms with Crippen molar-refractivity contribution in [2.45, 2.75) is 6.92 Å². The Morgan fingerprint density at radius 3 is 2.20 bits per heavy atom. The third kappa shape index (κ3) is 1.04. The zero-order valence-corrected chi connectivity index (χ0v) is 6.75. The standard InChI is InChI=1S/C5H5BrN2O2/c1-2-3(6)5(10)8-7-4(2)9/h1H3,(H,7,9)(H,8,10). The molecule has 0 aliphatic carbocycles. The lowest BCUT2D eigenvalue weighted by molar-refractivity contribution is 0.407. The molecule has 0 unspecified atom stereocenters. The van der Waals surface area contributed by atoms with Crippen molar-refractivity contribution >= 4 is 15.9 Å². The summed E-state index contributed by atoms with van der Waals surface area (Å²) in [5, 5.41) is 24.3. The quantitative estimate of drug-likeness (QED) is 0.661. The summed E-state index contributed by atoms with van der Waals surface area (Å²) in [5.41, 5.74) is 0.479. The van der Waals surface area contributed by atoms with E-state index in [9.17, 15) is 0 Å². The van der Waals surface area contributed by atoms with Crippen LogP contribution in [-0.2, 0) is 0 Å². The number of nitrogens with zero attached hydrogens (tertiary/aromatic N) is 2. The summed E-state index contributed by atoms with van der Waals surface area (Å²) >= 11 is 3.02. The van der Waals surface area contributed by atoms with E-state index in [-0.39, 0.29) is 11.8 Å². The zero-order valence-electron chi connectivity index (χ0n) is 5.17. The smallest absolute Gasteiger partial charge is 0.246 e. The van der Waals surface area contributed by atoms with Crippen LogP contribution in [0.1, 0.15) is 5.56 Å². The molecule has 1 aromatic heterocycles. The van der Waals surface area contributed by atoms with Crippen LogP contribution in [0, 0.1) is 6.92 Å². The Morgan fingerprint density at radius 2 is 1.70 bits per heavy atom. The third-order valence-electron chi connectivity index (χ3n) is 1.10. The summed E-state index contributed by atoms with van der Waals surface area (Å²) in [4.78, 5) is 0. The summed E-state index contributed by atoms with van der Waals surface area (Å²) in [5.74, 6) is -0.389. The van der Waals surface area contributed by atoms with Gasteiger partial charge in [-0.25, -0.2) is 0 Å². The Balaban J connectivity index is 3.34. The van der Waals surface area contributed by atoms with Gasteiger partial charge in [0.1, 0.15) is 0 Å². The van der Waals surface area contributed by atoms with Gasteiger partial charge >= 0.3 is 0 Å². The lowest BCUT2D eigenvalue weighted by Gasteiger charge is -1.99. The van der Waals surface area contributed by atoms with Gasteiger partial charge in [0.05, 0.1) is 4.47 Å². The fraction of sp³-hybridized carbons (Fsp3) is 0.200. The van der Waals surface area contributed by atoms with Crippen molar-refractivity contribution in [3.63, 3.8) is 0 Å². The molecule has 5 heteroatoms. The molecular weight excluding hydrogens is 200 g/mol. The molecule has 0 atom stereocenters. The molecule has 0 radical (unpaired) electrons. The number of hydrogen-bond donors (Lipinski definition) is 2. The maximum Gasteiger partial charge on any atom is 0.246 e. The molecule has 1 heterocycles. The number of halogens is 1. The van der Waals surface area contributed by atoms with E-state index in [2.05, 4.69) is 26.1 Å². The minimum Gasteiger partial charge on any atom is -0.492 e. The highest BCUT2D eigenvalue weighted by Gasteiger charge is 2.07. The van der Waals surface area contributed by atoms with Crippen LogP contribution in [0.25, 0.3) is 0 Å². The van der Waals surface area contributed by atoms with E-state index < -0.39 is 0 Å². The zero-order chi connectivity index (χ0) is 7.72. The van der Waals surface area contributed by atoms with Gasteiger partial charge in [-0.15, -0.1) is 10.2 Å². The molecule has 0 saturated heterocycles. The first-order valence-corrected chi connectivity index (χ1v) is 3.33. The number of hydrogen-bond acceptors (Lipinski definition) is 4. The highest BCUT2D eigenvalue weighted by Crippen LogP contribution is 2.28. The van der Waals surface area contributed by atoms with Gasteiger partial charge in [-0.2, -0.15) is 0 Å². The molecule has 2 N–H and O–H groups in total. The maximum absolute atomic E-state index is 8.91. The topological polar surface area (TPSA) is 66.2 Å². The third-order valence-corrected chi connectivity index (χ3v) is 2.05. The number of rotatable bonds is 0. The van der Waals surface area contributed by atoms with Crippen molar-refractivity contribution < 1.29 is 10.2 Å². The van der Waals surface area contributed by atoms with Crippen LogP contribution in [-0.4, -0.2) is 20.4 Å². The highest BCUT2D eigenvalue weighted by molar-refractivity contribution is 9.10. The molecule has 1 rings (SSSR count). The first-order chi connectivity index (χ1) is 4.63. The molecular formula is C5H5BrN2O2. The maximum atomic E-state index is 8.91. The largest absolute Gasteiger partial charge is 0.492 e. The van der Waals surface area contributed by atoms with E-state index in [0.717, 1.165) is 0 Å². The summed E-state index contributed by atoms with van der Waals surface area (Å²) in [6, 6.07) is 0. The fourth-order valence-electron chi connectivity index (χ4n) is 0.479.